The summed E-state index contributed by atoms with van der Waals surface area (Å²) in [5.41, 5.74) is -0.779. The second kappa shape index (κ2) is 5.43. The number of hydrogen-bond donors (Lipinski definition) is 0. The van der Waals surface area contributed by atoms with Gasteiger partial charge in [-0.1, -0.05) is 63.7 Å². The van der Waals surface area contributed by atoms with Crippen LogP contribution >= 0.6 is 63.7 Å². The van der Waals surface area contributed by atoms with Gasteiger partial charge in [0.1, 0.15) is 0 Å². The Morgan fingerprint density at radius 2 is 1.35 bits per heavy atom. The normalized spacial score (nSPS) is 40.7. The summed E-state index contributed by atoms with van der Waals surface area (Å²) in [5, 5.41) is 0. The van der Waals surface area contributed by atoms with Crippen molar-refractivity contribution in [2.24, 2.45) is 10.8 Å². The Kier molecular flexibility index (Phi) is 4.40. The Balaban J connectivity index is 1.65. The highest BCUT2D eigenvalue weighted by atomic mass is 79.9. The van der Waals surface area contributed by atoms with E-state index in [2.05, 4.69) is 63.7 Å². The maximum absolute atomic E-state index is 12.8. The first kappa shape index (κ1) is 18.6. The molecule has 23 heavy (non-hydrogen) atoms. The quantitative estimate of drug-likeness (QED) is 0.467. The molecule has 130 valence electrons. The van der Waals surface area contributed by atoms with Crippen LogP contribution in [0, 0.1) is 10.8 Å². The number of nitrogens with zero attached hydrogens (tertiary/aromatic N) is 2. The highest BCUT2D eigenvalue weighted by Gasteiger charge is 2.69. The molecule has 2 aliphatic carbocycles. The van der Waals surface area contributed by atoms with Crippen LogP contribution in [-0.2, 0) is 9.59 Å². The van der Waals surface area contributed by atoms with Gasteiger partial charge in [-0.3, -0.25) is 9.59 Å². The molecular weight excluding hydrogens is 560 g/mol. The van der Waals surface area contributed by atoms with Crippen LogP contribution in [0.2, 0.25) is 0 Å². The zero-order valence-corrected chi connectivity index (χ0v) is 19.7. The summed E-state index contributed by atoms with van der Waals surface area (Å²) in [7, 11) is 0. The fourth-order valence-corrected chi connectivity index (χ4v) is 6.29. The van der Waals surface area contributed by atoms with Crippen molar-refractivity contribution >= 4 is 75.5 Å². The van der Waals surface area contributed by atoms with Crippen molar-refractivity contribution < 1.29 is 9.59 Å². The van der Waals surface area contributed by atoms with Crippen LogP contribution in [0.3, 0.4) is 0 Å². The predicted molar refractivity (Wildman–Crippen MR) is 104 cm³/mol. The SMILES string of the molecule is C[C@H]1CN(C(=O)[C@@]2(C)CC2(Br)Br)CCN1C(=O)[C@@]1(C)CC1(Br)Br. The largest absolute Gasteiger partial charge is 0.338 e. The third-order valence-corrected chi connectivity index (χ3v) is 10.3. The van der Waals surface area contributed by atoms with E-state index in [9.17, 15) is 9.59 Å². The van der Waals surface area contributed by atoms with Crippen molar-refractivity contribution in [2.75, 3.05) is 19.6 Å². The lowest BCUT2D eigenvalue weighted by Gasteiger charge is -2.42. The summed E-state index contributed by atoms with van der Waals surface area (Å²) in [4.78, 5) is 29.5. The number of piperazine rings is 1. The third-order valence-electron chi connectivity index (χ3n) is 5.64. The van der Waals surface area contributed by atoms with Crippen LogP contribution in [0.5, 0.6) is 0 Å². The van der Waals surface area contributed by atoms with Gasteiger partial charge in [0.05, 0.1) is 17.3 Å². The molecule has 0 N–H and O–H groups in total. The van der Waals surface area contributed by atoms with Gasteiger partial charge in [-0.05, 0) is 33.6 Å². The van der Waals surface area contributed by atoms with Gasteiger partial charge in [-0.2, -0.15) is 0 Å². The highest BCUT2D eigenvalue weighted by molar-refractivity contribution is 9.26. The zero-order valence-electron chi connectivity index (χ0n) is 13.3. The summed E-state index contributed by atoms with van der Waals surface area (Å²) < 4.78 is -0.545. The molecule has 3 fully saturated rings. The lowest BCUT2D eigenvalue weighted by molar-refractivity contribution is -0.148. The van der Waals surface area contributed by atoms with Crippen LogP contribution in [0.4, 0.5) is 0 Å². The molecule has 0 aromatic rings. The van der Waals surface area contributed by atoms with E-state index < -0.39 is 5.41 Å². The van der Waals surface area contributed by atoms with Crippen molar-refractivity contribution in [3.05, 3.63) is 0 Å². The van der Waals surface area contributed by atoms with Gasteiger partial charge in [0.15, 0.2) is 0 Å². The molecule has 3 rings (SSSR count). The predicted octanol–water partition coefficient (Wildman–Crippen LogP) is 3.84. The van der Waals surface area contributed by atoms with E-state index in [-0.39, 0.29) is 29.7 Å². The molecule has 0 unspecified atom stereocenters. The van der Waals surface area contributed by atoms with Gasteiger partial charge < -0.3 is 9.80 Å². The number of hydrogen-bond acceptors (Lipinski definition) is 2. The smallest absolute Gasteiger partial charge is 0.231 e. The van der Waals surface area contributed by atoms with Crippen molar-refractivity contribution in [3.8, 4) is 0 Å². The summed E-state index contributed by atoms with van der Waals surface area (Å²) in [6.07, 6.45) is 1.58. The lowest BCUT2D eigenvalue weighted by atomic mass is 10.0. The summed E-state index contributed by atoms with van der Waals surface area (Å²) >= 11 is 14.3. The number of carbonyl (C=O) groups excluding carboxylic acids is 2. The van der Waals surface area contributed by atoms with E-state index in [0.717, 1.165) is 12.8 Å². The van der Waals surface area contributed by atoms with Crippen molar-refractivity contribution in [1.82, 2.24) is 9.80 Å². The van der Waals surface area contributed by atoms with Crippen LogP contribution in [-0.4, -0.2) is 53.8 Å². The second-order valence-corrected chi connectivity index (χ2v) is 15.1. The maximum Gasteiger partial charge on any atom is 0.231 e. The molecule has 2 saturated carbocycles. The first-order valence-corrected chi connectivity index (χ1v) is 10.9. The van der Waals surface area contributed by atoms with E-state index in [0.29, 0.717) is 19.6 Å². The average molecular weight is 580 g/mol. The molecule has 1 aliphatic heterocycles. The second-order valence-electron chi connectivity index (χ2n) is 7.53. The van der Waals surface area contributed by atoms with E-state index >= 15 is 0 Å². The maximum atomic E-state index is 12.8. The number of halogens is 4. The van der Waals surface area contributed by atoms with Gasteiger partial charge in [-0.15, -0.1) is 0 Å². The van der Waals surface area contributed by atoms with Crippen LogP contribution < -0.4 is 0 Å². The summed E-state index contributed by atoms with van der Waals surface area (Å²) in [5.74, 6) is 0.331. The number of alkyl halides is 4. The minimum Gasteiger partial charge on any atom is -0.338 e. The Hall–Kier alpha value is 0.860. The molecule has 3 aliphatic rings. The van der Waals surface area contributed by atoms with Crippen LogP contribution in [0.25, 0.3) is 0 Å². The van der Waals surface area contributed by atoms with E-state index in [1.807, 2.05) is 30.6 Å². The van der Waals surface area contributed by atoms with Crippen LogP contribution in [0.15, 0.2) is 0 Å². The fraction of sp³-hybridized carbons (Fsp3) is 0.867. The standard InChI is InChI=1S/C15H20Br4N2O2/c1-9-6-20(10(22)12(2)7-14(12,16)17)4-5-21(9)11(23)13(3)8-15(13,18)19/h9H,4-8H2,1-3H3/t9-,12+,13+/m0/s1. The van der Waals surface area contributed by atoms with Gasteiger partial charge in [0, 0.05) is 25.7 Å². The topological polar surface area (TPSA) is 40.6 Å². The van der Waals surface area contributed by atoms with Crippen LogP contribution in [0.1, 0.15) is 33.6 Å². The fourth-order valence-electron chi connectivity index (χ4n) is 3.37. The molecule has 0 spiro atoms. The number of rotatable bonds is 2. The first-order valence-electron chi connectivity index (χ1n) is 7.72. The van der Waals surface area contributed by atoms with Crippen molar-refractivity contribution in [1.29, 1.82) is 0 Å². The monoisotopic (exact) mass is 576 g/mol. The Morgan fingerprint density at radius 1 is 0.913 bits per heavy atom. The minimum atomic E-state index is -0.392. The number of carbonyl (C=O) groups is 2. The van der Waals surface area contributed by atoms with Gasteiger partial charge in [0.25, 0.3) is 0 Å². The molecular formula is C15H20Br4N2O2. The molecule has 2 amide bonds. The Bertz CT molecular complexity index is 582. The van der Waals surface area contributed by atoms with Gasteiger partial charge in [0.2, 0.25) is 11.8 Å². The Morgan fingerprint density at radius 3 is 1.74 bits per heavy atom. The van der Waals surface area contributed by atoms with E-state index in [1.165, 1.54) is 0 Å². The minimum absolute atomic E-state index is 0.0378. The summed E-state index contributed by atoms with van der Waals surface area (Å²) in [6.45, 7) is 7.80. The molecule has 3 atom stereocenters. The van der Waals surface area contributed by atoms with Gasteiger partial charge >= 0.3 is 0 Å². The number of amides is 2. The van der Waals surface area contributed by atoms with Crippen molar-refractivity contribution in [2.45, 2.75) is 46.1 Å². The summed E-state index contributed by atoms with van der Waals surface area (Å²) in [6, 6.07) is 0.0378. The zero-order chi connectivity index (χ0) is 17.4. The molecule has 1 saturated heterocycles. The molecule has 0 radical (unpaired) electrons. The molecule has 8 heteroatoms. The molecule has 0 bridgehead atoms. The third kappa shape index (κ3) is 2.78. The van der Waals surface area contributed by atoms with E-state index in [1.54, 1.807) is 0 Å². The van der Waals surface area contributed by atoms with Gasteiger partial charge in [-0.25, -0.2) is 0 Å². The molecule has 0 aromatic carbocycles. The van der Waals surface area contributed by atoms with Crippen molar-refractivity contribution in [3.63, 3.8) is 0 Å². The lowest BCUT2D eigenvalue weighted by Crippen LogP contribution is -2.58. The molecule has 0 aromatic heterocycles. The highest BCUT2D eigenvalue weighted by Crippen LogP contribution is 2.68. The average Bonchev–Trinajstić information content (AvgIpc) is 3.17. The Labute approximate surface area is 170 Å². The van der Waals surface area contributed by atoms with E-state index in [4.69, 9.17) is 0 Å². The molecule has 1 heterocycles. The molecule has 4 nitrogen and oxygen atoms in total. The first-order chi connectivity index (χ1) is 10.4.